The summed E-state index contributed by atoms with van der Waals surface area (Å²) in [5.74, 6) is -0.0363. The van der Waals surface area contributed by atoms with E-state index < -0.39 is 0 Å². The molecule has 0 unspecified atom stereocenters. The molecule has 0 aliphatic heterocycles. The summed E-state index contributed by atoms with van der Waals surface area (Å²) in [5, 5.41) is 6.21. The van der Waals surface area contributed by atoms with Crippen molar-refractivity contribution in [2.24, 2.45) is 0 Å². The first-order valence-electron chi connectivity index (χ1n) is 6.25. The highest BCUT2D eigenvalue weighted by atomic mass is 16.1. The van der Waals surface area contributed by atoms with Crippen LogP contribution in [0.15, 0.2) is 18.2 Å². The Balaban J connectivity index is 2.59. The van der Waals surface area contributed by atoms with Gasteiger partial charge in [-0.2, -0.15) is 0 Å². The van der Waals surface area contributed by atoms with Crippen LogP contribution >= 0.6 is 0 Å². The van der Waals surface area contributed by atoms with Crippen molar-refractivity contribution < 1.29 is 4.79 Å². The minimum Gasteiger partial charge on any atom is -0.385 e. The van der Waals surface area contributed by atoms with Crippen molar-refractivity contribution in [3.8, 4) is 0 Å². The minimum absolute atomic E-state index is 0.0363. The quantitative estimate of drug-likeness (QED) is 0.739. The molecule has 2 N–H and O–H groups in total. The third-order valence-electron chi connectivity index (χ3n) is 2.65. The Kier molecular flexibility index (Phi) is 5.53. The van der Waals surface area contributed by atoms with E-state index in [1.807, 2.05) is 18.2 Å². The second-order valence-corrected chi connectivity index (χ2v) is 4.34. The number of amides is 1. The predicted octanol–water partition coefficient (Wildman–Crippen LogP) is 3.56. The Morgan fingerprint density at radius 1 is 1.29 bits per heavy atom. The van der Waals surface area contributed by atoms with Gasteiger partial charge in [-0.3, -0.25) is 4.79 Å². The summed E-state index contributed by atoms with van der Waals surface area (Å²) in [6, 6.07) is 5.93. The molecule has 0 fully saturated rings. The molecule has 0 spiro atoms. The normalized spacial score (nSPS) is 10.1. The SMILES string of the molecule is CCCCCNc1cc(NC(C)=O)ccc1C. The lowest BCUT2D eigenvalue weighted by Gasteiger charge is -2.11. The summed E-state index contributed by atoms with van der Waals surface area (Å²) >= 11 is 0. The molecule has 17 heavy (non-hydrogen) atoms. The summed E-state index contributed by atoms with van der Waals surface area (Å²) in [5.41, 5.74) is 3.16. The lowest BCUT2D eigenvalue weighted by atomic mass is 10.1. The first kappa shape index (κ1) is 13.6. The maximum absolute atomic E-state index is 11.0. The number of benzene rings is 1. The third kappa shape index (κ3) is 4.89. The zero-order chi connectivity index (χ0) is 12.7. The Morgan fingerprint density at radius 2 is 2.06 bits per heavy atom. The first-order chi connectivity index (χ1) is 8.13. The van der Waals surface area contributed by atoms with E-state index in [1.54, 1.807) is 0 Å². The van der Waals surface area contributed by atoms with E-state index in [9.17, 15) is 4.79 Å². The number of aryl methyl sites for hydroxylation is 1. The van der Waals surface area contributed by atoms with Crippen LogP contribution in [0, 0.1) is 6.92 Å². The molecule has 0 atom stereocenters. The molecule has 0 heterocycles. The summed E-state index contributed by atoms with van der Waals surface area (Å²) in [7, 11) is 0. The molecule has 0 saturated heterocycles. The van der Waals surface area contributed by atoms with Crippen molar-refractivity contribution in [3.63, 3.8) is 0 Å². The standard InChI is InChI=1S/C14H22N2O/c1-4-5-6-9-15-14-10-13(16-12(3)17)8-7-11(14)2/h7-8,10,15H,4-6,9H2,1-3H3,(H,16,17). The number of nitrogens with one attached hydrogen (secondary N) is 2. The zero-order valence-corrected chi connectivity index (χ0v) is 11.0. The molecule has 3 heteroatoms. The molecule has 0 saturated carbocycles. The van der Waals surface area contributed by atoms with Gasteiger partial charge in [0.15, 0.2) is 0 Å². The van der Waals surface area contributed by atoms with Crippen LogP contribution in [0.5, 0.6) is 0 Å². The Bertz CT molecular complexity index is 374. The predicted molar refractivity (Wildman–Crippen MR) is 73.5 cm³/mol. The fraction of sp³-hybridized carbons (Fsp3) is 0.500. The van der Waals surface area contributed by atoms with E-state index in [0.29, 0.717) is 0 Å². The lowest BCUT2D eigenvalue weighted by molar-refractivity contribution is -0.114. The number of hydrogen-bond acceptors (Lipinski definition) is 2. The number of rotatable bonds is 6. The van der Waals surface area contributed by atoms with E-state index >= 15 is 0 Å². The molecule has 94 valence electrons. The maximum atomic E-state index is 11.0. The van der Waals surface area contributed by atoms with E-state index in [4.69, 9.17) is 0 Å². The van der Waals surface area contributed by atoms with Gasteiger partial charge in [-0.05, 0) is 31.0 Å². The third-order valence-corrected chi connectivity index (χ3v) is 2.65. The lowest BCUT2D eigenvalue weighted by Crippen LogP contribution is -2.07. The molecule has 0 aromatic heterocycles. The van der Waals surface area contributed by atoms with E-state index in [0.717, 1.165) is 17.9 Å². The van der Waals surface area contributed by atoms with Crippen LogP contribution in [0.2, 0.25) is 0 Å². The molecule has 3 nitrogen and oxygen atoms in total. The van der Waals surface area contributed by atoms with Crippen LogP contribution in [-0.4, -0.2) is 12.5 Å². The average molecular weight is 234 g/mol. The Hall–Kier alpha value is -1.51. The van der Waals surface area contributed by atoms with Crippen LogP contribution in [0.4, 0.5) is 11.4 Å². The molecule has 0 bridgehead atoms. The number of hydrogen-bond donors (Lipinski definition) is 2. The van der Waals surface area contributed by atoms with Gasteiger partial charge < -0.3 is 10.6 Å². The van der Waals surface area contributed by atoms with Gasteiger partial charge in [-0.25, -0.2) is 0 Å². The number of carbonyl (C=O) groups excluding carboxylic acids is 1. The second-order valence-electron chi connectivity index (χ2n) is 4.34. The molecular weight excluding hydrogens is 212 g/mol. The molecule has 1 aromatic carbocycles. The fourth-order valence-electron chi connectivity index (χ4n) is 1.69. The minimum atomic E-state index is -0.0363. The number of carbonyl (C=O) groups is 1. The summed E-state index contributed by atoms with van der Waals surface area (Å²) in [6.07, 6.45) is 3.66. The summed E-state index contributed by atoms with van der Waals surface area (Å²) in [6.45, 7) is 6.77. The van der Waals surface area contributed by atoms with Crippen molar-refractivity contribution >= 4 is 17.3 Å². The van der Waals surface area contributed by atoms with Crippen LogP contribution in [0.3, 0.4) is 0 Å². The maximum Gasteiger partial charge on any atom is 0.221 e. The van der Waals surface area contributed by atoms with Crippen molar-refractivity contribution in [2.75, 3.05) is 17.2 Å². The first-order valence-corrected chi connectivity index (χ1v) is 6.25. The smallest absolute Gasteiger partial charge is 0.221 e. The van der Waals surface area contributed by atoms with Gasteiger partial charge >= 0.3 is 0 Å². The molecule has 1 aromatic rings. The van der Waals surface area contributed by atoms with Crippen LogP contribution in [-0.2, 0) is 4.79 Å². The van der Waals surface area contributed by atoms with Gasteiger partial charge in [-0.15, -0.1) is 0 Å². The van der Waals surface area contributed by atoms with Gasteiger partial charge in [-0.1, -0.05) is 25.8 Å². The molecule has 1 amide bonds. The van der Waals surface area contributed by atoms with E-state index in [2.05, 4.69) is 24.5 Å². The van der Waals surface area contributed by atoms with Gasteiger partial charge in [0, 0.05) is 24.8 Å². The molecule has 0 aliphatic carbocycles. The topological polar surface area (TPSA) is 41.1 Å². The Labute approximate surface area is 104 Å². The number of anilines is 2. The van der Waals surface area contributed by atoms with Crippen molar-refractivity contribution in [2.45, 2.75) is 40.0 Å². The van der Waals surface area contributed by atoms with Crippen LogP contribution in [0.25, 0.3) is 0 Å². The average Bonchev–Trinajstić information content (AvgIpc) is 2.28. The summed E-state index contributed by atoms with van der Waals surface area (Å²) in [4.78, 5) is 11.0. The van der Waals surface area contributed by atoms with Crippen molar-refractivity contribution in [1.29, 1.82) is 0 Å². The van der Waals surface area contributed by atoms with Gasteiger partial charge in [0.05, 0.1) is 0 Å². The fourth-order valence-corrected chi connectivity index (χ4v) is 1.69. The highest BCUT2D eigenvalue weighted by Gasteiger charge is 2.01. The zero-order valence-electron chi connectivity index (χ0n) is 11.0. The second kappa shape index (κ2) is 6.94. The monoisotopic (exact) mass is 234 g/mol. The molecule has 1 rings (SSSR count). The van der Waals surface area contributed by atoms with E-state index in [1.165, 1.54) is 31.7 Å². The van der Waals surface area contributed by atoms with Gasteiger partial charge in [0.1, 0.15) is 0 Å². The molecule has 0 radical (unpaired) electrons. The summed E-state index contributed by atoms with van der Waals surface area (Å²) < 4.78 is 0. The number of unbranched alkanes of at least 4 members (excludes halogenated alkanes) is 2. The van der Waals surface area contributed by atoms with Crippen molar-refractivity contribution in [1.82, 2.24) is 0 Å². The molecule has 0 aliphatic rings. The van der Waals surface area contributed by atoms with Crippen LogP contribution < -0.4 is 10.6 Å². The van der Waals surface area contributed by atoms with Gasteiger partial charge in [0.2, 0.25) is 5.91 Å². The van der Waals surface area contributed by atoms with Gasteiger partial charge in [0.25, 0.3) is 0 Å². The van der Waals surface area contributed by atoms with Crippen molar-refractivity contribution in [3.05, 3.63) is 23.8 Å². The van der Waals surface area contributed by atoms with Crippen LogP contribution in [0.1, 0.15) is 38.7 Å². The highest BCUT2D eigenvalue weighted by Crippen LogP contribution is 2.20. The Morgan fingerprint density at radius 3 is 2.71 bits per heavy atom. The molecular formula is C14H22N2O. The van der Waals surface area contributed by atoms with E-state index in [-0.39, 0.29) is 5.91 Å². The highest BCUT2D eigenvalue weighted by molar-refractivity contribution is 5.89. The largest absolute Gasteiger partial charge is 0.385 e.